The molecule has 1 fully saturated rings. The van der Waals surface area contributed by atoms with E-state index in [9.17, 15) is 8.42 Å². The Labute approximate surface area is 164 Å². The number of anilines is 1. The van der Waals surface area contributed by atoms with Crippen LogP contribution in [0.1, 0.15) is 25.1 Å². The molecule has 0 saturated carbocycles. The lowest BCUT2D eigenvalue weighted by molar-refractivity contribution is 0.569. The fraction of sp³-hybridized carbons (Fsp3) is 0.316. The predicted octanol–water partition coefficient (Wildman–Crippen LogP) is 2.13. The van der Waals surface area contributed by atoms with E-state index in [4.69, 9.17) is 0 Å². The summed E-state index contributed by atoms with van der Waals surface area (Å²) in [7, 11) is -3.66. The minimum atomic E-state index is -3.66. The predicted molar refractivity (Wildman–Crippen MR) is 106 cm³/mol. The average Bonchev–Trinajstić information content (AvgIpc) is 3.28. The summed E-state index contributed by atoms with van der Waals surface area (Å²) in [5.74, 6) is 1.31. The lowest BCUT2D eigenvalue weighted by Crippen LogP contribution is -2.31. The van der Waals surface area contributed by atoms with Crippen LogP contribution in [0.25, 0.3) is 5.69 Å². The van der Waals surface area contributed by atoms with Crippen LogP contribution in [0.4, 0.5) is 5.82 Å². The van der Waals surface area contributed by atoms with Crippen molar-refractivity contribution >= 4 is 15.8 Å². The minimum Gasteiger partial charge on any atom is -0.357 e. The molecule has 0 bridgehead atoms. The van der Waals surface area contributed by atoms with Crippen molar-refractivity contribution in [3.05, 3.63) is 60.8 Å². The van der Waals surface area contributed by atoms with Crippen LogP contribution < -0.4 is 9.62 Å². The Bertz CT molecular complexity index is 1010. The second kappa shape index (κ2) is 8.07. The molecule has 0 spiro atoms. The van der Waals surface area contributed by atoms with Crippen LogP contribution in [-0.4, -0.2) is 41.3 Å². The van der Waals surface area contributed by atoms with E-state index in [1.54, 1.807) is 47.5 Å². The maximum absolute atomic E-state index is 12.6. The molecule has 0 aliphatic carbocycles. The Kier molecular flexibility index (Phi) is 5.36. The zero-order chi connectivity index (χ0) is 19.4. The zero-order valence-electron chi connectivity index (χ0n) is 15.4. The second-order valence-corrected chi connectivity index (χ2v) is 8.41. The van der Waals surface area contributed by atoms with Gasteiger partial charge in [0.25, 0.3) is 0 Å². The average molecular weight is 398 g/mol. The SMILES string of the molecule is O=S(=O)(NCc1nccc(N2CCCCC2)n1)c1ccc(-n2cccn2)cc1. The number of aromatic nitrogens is 4. The second-order valence-electron chi connectivity index (χ2n) is 6.65. The van der Waals surface area contributed by atoms with Crippen LogP contribution in [-0.2, 0) is 16.6 Å². The first-order valence-corrected chi connectivity index (χ1v) is 10.8. The third-order valence-corrected chi connectivity index (χ3v) is 6.12. The van der Waals surface area contributed by atoms with E-state index in [2.05, 4.69) is 24.7 Å². The molecule has 0 radical (unpaired) electrons. The van der Waals surface area contributed by atoms with Gasteiger partial charge in [0, 0.05) is 31.7 Å². The Morgan fingerprint density at radius 3 is 2.50 bits per heavy atom. The van der Waals surface area contributed by atoms with Crippen molar-refractivity contribution < 1.29 is 8.42 Å². The molecule has 146 valence electrons. The number of sulfonamides is 1. The summed E-state index contributed by atoms with van der Waals surface area (Å²) < 4.78 is 29.4. The molecule has 4 rings (SSSR count). The number of nitrogens with zero attached hydrogens (tertiary/aromatic N) is 5. The van der Waals surface area contributed by atoms with Gasteiger partial charge in [-0.2, -0.15) is 5.10 Å². The third-order valence-electron chi connectivity index (χ3n) is 4.71. The van der Waals surface area contributed by atoms with Crippen molar-refractivity contribution in [2.45, 2.75) is 30.7 Å². The number of benzene rings is 1. The van der Waals surface area contributed by atoms with Crippen molar-refractivity contribution in [2.75, 3.05) is 18.0 Å². The van der Waals surface area contributed by atoms with Crippen molar-refractivity contribution in [1.29, 1.82) is 0 Å². The van der Waals surface area contributed by atoms with Crippen LogP contribution >= 0.6 is 0 Å². The highest BCUT2D eigenvalue weighted by molar-refractivity contribution is 7.89. The molecule has 1 aliphatic heterocycles. The summed E-state index contributed by atoms with van der Waals surface area (Å²) in [5.41, 5.74) is 0.793. The monoisotopic (exact) mass is 398 g/mol. The van der Waals surface area contributed by atoms with Crippen LogP contribution in [0.3, 0.4) is 0 Å². The lowest BCUT2D eigenvalue weighted by atomic mass is 10.1. The first-order chi connectivity index (χ1) is 13.6. The fourth-order valence-corrected chi connectivity index (χ4v) is 4.20. The van der Waals surface area contributed by atoms with Crippen molar-refractivity contribution in [2.24, 2.45) is 0 Å². The maximum Gasteiger partial charge on any atom is 0.240 e. The molecule has 1 aliphatic rings. The van der Waals surface area contributed by atoms with Crippen molar-refractivity contribution in [3.8, 4) is 5.69 Å². The molecule has 1 saturated heterocycles. The molecule has 3 heterocycles. The summed E-state index contributed by atoms with van der Waals surface area (Å²) in [6, 6.07) is 10.2. The smallest absolute Gasteiger partial charge is 0.240 e. The number of piperidine rings is 1. The Hall–Kier alpha value is -2.78. The molecule has 28 heavy (non-hydrogen) atoms. The summed E-state index contributed by atoms with van der Waals surface area (Å²) in [6.07, 6.45) is 8.70. The normalized spacial score (nSPS) is 14.9. The van der Waals surface area contributed by atoms with E-state index in [1.165, 1.54) is 6.42 Å². The van der Waals surface area contributed by atoms with Gasteiger partial charge >= 0.3 is 0 Å². The van der Waals surface area contributed by atoms with E-state index in [1.807, 2.05) is 12.1 Å². The van der Waals surface area contributed by atoms with E-state index in [-0.39, 0.29) is 11.4 Å². The Balaban J connectivity index is 1.43. The van der Waals surface area contributed by atoms with Gasteiger partial charge in [-0.1, -0.05) is 0 Å². The standard InChI is InChI=1S/C19H22N6O2S/c26-28(27,17-7-5-16(6-8-17)25-14-4-10-21-25)22-15-18-20-11-9-19(23-18)24-12-2-1-3-13-24/h4-11,14,22H,1-3,12-13,15H2. The van der Waals surface area contributed by atoms with Gasteiger partial charge in [0.15, 0.2) is 0 Å². The van der Waals surface area contributed by atoms with E-state index in [0.717, 1.165) is 37.4 Å². The molecule has 1 N–H and O–H groups in total. The maximum atomic E-state index is 12.6. The van der Waals surface area contributed by atoms with Gasteiger partial charge < -0.3 is 4.90 Å². The van der Waals surface area contributed by atoms with Gasteiger partial charge in [-0.3, -0.25) is 0 Å². The topological polar surface area (TPSA) is 93.0 Å². The fourth-order valence-electron chi connectivity index (χ4n) is 3.22. The molecule has 2 aromatic heterocycles. The quantitative estimate of drug-likeness (QED) is 0.684. The molecule has 0 amide bonds. The number of hydrogen-bond acceptors (Lipinski definition) is 6. The van der Waals surface area contributed by atoms with E-state index >= 15 is 0 Å². The van der Waals surface area contributed by atoms with Gasteiger partial charge in [-0.25, -0.2) is 27.8 Å². The van der Waals surface area contributed by atoms with Crippen LogP contribution in [0.2, 0.25) is 0 Å². The van der Waals surface area contributed by atoms with Crippen molar-refractivity contribution in [3.63, 3.8) is 0 Å². The van der Waals surface area contributed by atoms with Crippen molar-refractivity contribution in [1.82, 2.24) is 24.5 Å². The summed E-state index contributed by atoms with van der Waals surface area (Å²) >= 11 is 0. The summed E-state index contributed by atoms with van der Waals surface area (Å²) in [5, 5.41) is 4.13. The summed E-state index contributed by atoms with van der Waals surface area (Å²) in [6.45, 7) is 2.00. The highest BCUT2D eigenvalue weighted by atomic mass is 32.2. The molecule has 0 atom stereocenters. The van der Waals surface area contributed by atoms with Gasteiger partial charge in [0.05, 0.1) is 17.1 Å². The Morgan fingerprint density at radius 2 is 1.79 bits per heavy atom. The van der Waals surface area contributed by atoms with Gasteiger partial charge in [-0.15, -0.1) is 0 Å². The zero-order valence-corrected chi connectivity index (χ0v) is 16.2. The molecule has 0 unspecified atom stereocenters. The highest BCUT2D eigenvalue weighted by Gasteiger charge is 2.16. The minimum absolute atomic E-state index is 0.0465. The highest BCUT2D eigenvalue weighted by Crippen LogP contribution is 2.17. The van der Waals surface area contributed by atoms with E-state index in [0.29, 0.717) is 5.82 Å². The number of rotatable bonds is 6. The molecule has 8 nitrogen and oxygen atoms in total. The lowest BCUT2D eigenvalue weighted by Gasteiger charge is -2.27. The van der Waals surface area contributed by atoms with Crippen LogP contribution in [0.15, 0.2) is 59.9 Å². The van der Waals surface area contributed by atoms with Crippen LogP contribution in [0, 0.1) is 0 Å². The molecule has 1 aromatic carbocycles. The third kappa shape index (κ3) is 4.20. The van der Waals surface area contributed by atoms with Crippen LogP contribution in [0.5, 0.6) is 0 Å². The molecule has 3 aromatic rings. The molecular weight excluding hydrogens is 376 g/mol. The summed E-state index contributed by atoms with van der Waals surface area (Å²) in [4.78, 5) is 11.1. The number of nitrogens with one attached hydrogen (secondary N) is 1. The van der Waals surface area contributed by atoms with Gasteiger partial charge in [-0.05, 0) is 55.7 Å². The van der Waals surface area contributed by atoms with Gasteiger partial charge in [0.2, 0.25) is 10.0 Å². The largest absolute Gasteiger partial charge is 0.357 e. The first-order valence-electron chi connectivity index (χ1n) is 9.28. The van der Waals surface area contributed by atoms with E-state index < -0.39 is 10.0 Å². The van der Waals surface area contributed by atoms with Gasteiger partial charge in [0.1, 0.15) is 11.6 Å². The molecular formula is C19H22N6O2S. The number of hydrogen-bond donors (Lipinski definition) is 1. The molecule has 9 heteroatoms. The Morgan fingerprint density at radius 1 is 1.00 bits per heavy atom. The first kappa shape index (κ1) is 18.6.